The molecule has 0 bridgehead atoms. The van der Waals surface area contributed by atoms with E-state index in [-0.39, 0.29) is 24.4 Å². The second kappa shape index (κ2) is 11.7. The molecule has 1 saturated heterocycles. The van der Waals surface area contributed by atoms with Crippen molar-refractivity contribution in [1.82, 2.24) is 10.6 Å². The van der Waals surface area contributed by atoms with E-state index in [2.05, 4.69) is 10.6 Å². The second-order valence-electron chi connectivity index (χ2n) is 3.86. The topological polar surface area (TPSA) is 68.8 Å². The Hall–Kier alpha value is -0.400. The fourth-order valence-electron chi connectivity index (χ4n) is 1.54. The summed E-state index contributed by atoms with van der Waals surface area (Å²) in [5.41, 5.74) is 0. The Kier molecular flexibility index (Phi) is 11.4. The monoisotopic (exact) mass is 282 g/mol. The maximum absolute atomic E-state index is 11.5. The first-order valence-corrected chi connectivity index (χ1v) is 5.98. The molecule has 6 nitrogen and oxygen atoms in total. The molecule has 0 saturated carbocycles. The molecule has 108 valence electrons. The van der Waals surface area contributed by atoms with Gasteiger partial charge in [-0.25, -0.2) is 0 Å². The predicted octanol–water partition coefficient (Wildman–Crippen LogP) is -0.434. The summed E-state index contributed by atoms with van der Waals surface area (Å²) in [6, 6.07) is 0. The van der Waals surface area contributed by atoms with E-state index in [1.165, 1.54) is 0 Å². The summed E-state index contributed by atoms with van der Waals surface area (Å²) in [6.07, 6.45) is 0.406. The zero-order valence-corrected chi connectivity index (χ0v) is 11.6. The van der Waals surface area contributed by atoms with Gasteiger partial charge < -0.3 is 24.8 Å². The molecule has 0 aromatic carbocycles. The molecule has 0 radical (unpaired) electrons. The zero-order chi connectivity index (χ0) is 12.3. The third kappa shape index (κ3) is 8.66. The van der Waals surface area contributed by atoms with Crippen molar-refractivity contribution in [3.05, 3.63) is 0 Å². The number of rotatable bonds is 8. The number of hydrogen-bond donors (Lipinski definition) is 2. The van der Waals surface area contributed by atoms with Crippen LogP contribution >= 0.6 is 12.4 Å². The van der Waals surface area contributed by atoms with Crippen LogP contribution in [0.2, 0.25) is 0 Å². The van der Waals surface area contributed by atoms with E-state index in [0.29, 0.717) is 39.4 Å². The van der Waals surface area contributed by atoms with Crippen molar-refractivity contribution in [2.45, 2.75) is 12.5 Å². The molecule has 1 atom stereocenters. The van der Waals surface area contributed by atoms with Crippen LogP contribution in [0.15, 0.2) is 0 Å². The summed E-state index contributed by atoms with van der Waals surface area (Å²) >= 11 is 0. The van der Waals surface area contributed by atoms with Gasteiger partial charge >= 0.3 is 0 Å². The predicted molar refractivity (Wildman–Crippen MR) is 70.2 cm³/mol. The van der Waals surface area contributed by atoms with Gasteiger partial charge in [-0.15, -0.1) is 12.4 Å². The van der Waals surface area contributed by atoms with E-state index in [1.54, 1.807) is 7.11 Å². The van der Waals surface area contributed by atoms with Gasteiger partial charge in [-0.2, -0.15) is 0 Å². The van der Waals surface area contributed by atoms with Crippen molar-refractivity contribution < 1.29 is 19.0 Å². The molecule has 1 aliphatic heterocycles. The lowest BCUT2D eigenvalue weighted by atomic mass is 10.2. The molecule has 0 aromatic rings. The first kappa shape index (κ1) is 17.6. The van der Waals surface area contributed by atoms with Gasteiger partial charge in [-0.1, -0.05) is 0 Å². The smallest absolute Gasteiger partial charge is 0.222 e. The van der Waals surface area contributed by atoms with Gasteiger partial charge in [0.15, 0.2) is 0 Å². The van der Waals surface area contributed by atoms with Crippen LogP contribution in [0.5, 0.6) is 0 Å². The summed E-state index contributed by atoms with van der Waals surface area (Å²) in [5.74, 6) is 0.00837. The fraction of sp³-hybridized carbons (Fsp3) is 0.909. The molecule has 7 heteroatoms. The average molecular weight is 283 g/mol. The lowest BCUT2D eigenvalue weighted by Gasteiger charge is -2.23. The molecule has 0 aliphatic carbocycles. The van der Waals surface area contributed by atoms with Crippen molar-refractivity contribution >= 4 is 18.3 Å². The minimum atomic E-state index is -0.00170. The molecule has 1 heterocycles. The van der Waals surface area contributed by atoms with Crippen LogP contribution in [-0.4, -0.2) is 65.2 Å². The molecule has 0 spiro atoms. The van der Waals surface area contributed by atoms with E-state index < -0.39 is 0 Å². The highest BCUT2D eigenvalue weighted by Gasteiger charge is 2.16. The summed E-state index contributed by atoms with van der Waals surface area (Å²) in [4.78, 5) is 11.5. The van der Waals surface area contributed by atoms with Crippen LogP contribution in [0, 0.1) is 0 Å². The van der Waals surface area contributed by atoms with Crippen LogP contribution < -0.4 is 10.6 Å². The highest BCUT2D eigenvalue weighted by Crippen LogP contribution is 2.00. The van der Waals surface area contributed by atoms with E-state index >= 15 is 0 Å². The van der Waals surface area contributed by atoms with Gasteiger partial charge in [0.1, 0.15) is 0 Å². The van der Waals surface area contributed by atoms with Gasteiger partial charge in [0.2, 0.25) is 5.91 Å². The van der Waals surface area contributed by atoms with Gasteiger partial charge in [0, 0.05) is 26.7 Å². The maximum Gasteiger partial charge on any atom is 0.222 e. The Labute approximate surface area is 114 Å². The largest absolute Gasteiger partial charge is 0.382 e. The SMILES string of the molecule is COCCOCCNC(=O)CC1CNCCO1.Cl. The van der Waals surface area contributed by atoms with Crippen molar-refractivity contribution in [2.24, 2.45) is 0 Å². The standard InChI is InChI=1S/C11H22N2O4.ClH/c1-15-6-7-16-4-3-13-11(14)8-10-9-12-2-5-17-10;/h10,12H,2-9H2,1H3,(H,13,14);1H. The van der Waals surface area contributed by atoms with Crippen LogP contribution in [0.1, 0.15) is 6.42 Å². The van der Waals surface area contributed by atoms with E-state index in [4.69, 9.17) is 14.2 Å². The number of hydrogen-bond acceptors (Lipinski definition) is 5. The van der Waals surface area contributed by atoms with Crippen molar-refractivity contribution in [3.63, 3.8) is 0 Å². The van der Waals surface area contributed by atoms with E-state index in [0.717, 1.165) is 13.1 Å². The Morgan fingerprint density at radius 2 is 2.28 bits per heavy atom. The highest BCUT2D eigenvalue weighted by atomic mass is 35.5. The minimum Gasteiger partial charge on any atom is -0.382 e. The van der Waals surface area contributed by atoms with Crippen molar-refractivity contribution in [2.75, 3.05) is 53.2 Å². The van der Waals surface area contributed by atoms with Crippen molar-refractivity contribution in [3.8, 4) is 0 Å². The number of ether oxygens (including phenoxy) is 3. The normalized spacial score (nSPS) is 19.1. The number of carbonyl (C=O) groups excluding carboxylic acids is 1. The maximum atomic E-state index is 11.5. The number of nitrogens with one attached hydrogen (secondary N) is 2. The second-order valence-corrected chi connectivity index (χ2v) is 3.86. The first-order chi connectivity index (χ1) is 8.33. The van der Waals surface area contributed by atoms with Crippen LogP contribution in [0.25, 0.3) is 0 Å². The summed E-state index contributed by atoms with van der Waals surface area (Å²) < 4.78 is 15.5. The molecular weight excluding hydrogens is 260 g/mol. The molecular formula is C11H23ClN2O4. The Balaban J connectivity index is 0.00000289. The number of halogens is 1. The van der Waals surface area contributed by atoms with Crippen LogP contribution in [0.3, 0.4) is 0 Å². The molecule has 0 aromatic heterocycles. The van der Waals surface area contributed by atoms with E-state index in [1.807, 2.05) is 0 Å². The summed E-state index contributed by atoms with van der Waals surface area (Å²) in [6.45, 7) is 4.47. The Morgan fingerprint density at radius 3 is 2.94 bits per heavy atom. The highest BCUT2D eigenvalue weighted by molar-refractivity contribution is 5.85. The Bertz CT molecular complexity index is 213. The number of morpholine rings is 1. The average Bonchev–Trinajstić information content (AvgIpc) is 2.35. The number of amides is 1. The molecule has 1 unspecified atom stereocenters. The molecule has 2 N–H and O–H groups in total. The van der Waals surface area contributed by atoms with Gasteiger partial charge in [0.05, 0.1) is 39.0 Å². The lowest BCUT2D eigenvalue weighted by molar-refractivity contribution is -0.124. The molecule has 1 rings (SSSR count). The molecule has 1 amide bonds. The molecule has 1 aliphatic rings. The molecule has 1 fully saturated rings. The van der Waals surface area contributed by atoms with Gasteiger partial charge in [-0.3, -0.25) is 4.79 Å². The zero-order valence-electron chi connectivity index (χ0n) is 10.8. The third-order valence-electron chi connectivity index (χ3n) is 2.42. The summed E-state index contributed by atoms with van der Waals surface area (Å²) in [5, 5.41) is 5.98. The number of carbonyl (C=O) groups is 1. The first-order valence-electron chi connectivity index (χ1n) is 5.98. The summed E-state index contributed by atoms with van der Waals surface area (Å²) in [7, 11) is 1.63. The van der Waals surface area contributed by atoms with Gasteiger partial charge in [0.25, 0.3) is 0 Å². The van der Waals surface area contributed by atoms with E-state index in [9.17, 15) is 4.79 Å². The van der Waals surface area contributed by atoms with Crippen molar-refractivity contribution in [1.29, 1.82) is 0 Å². The van der Waals surface area contributed by atoms with Crippen LogP contribution in [0.4, 0.5) is 0 Å². The third-order valence-corrected chi connectivity index (χ3v) is 2.42. The quantitative estimate of drug-likeness (QED) is 0.591. The fourth-order valence-corrected chi connectivity index (χ4v) is 1.54. The Morgan fingerprint density at radius 1 is 1.44 bits per heavy atom. The minimum absolute atomic E-state index is 0. The van der Waals surface area contributed by atoms with Crippen LogP contribution in [-0.2, 0) is 19.0 Å². The van der Waals surface area contributed by atoms with Gasteiger partial charge in [-0.05, 0) is 0 Å². The lowest BCUT2D eigenvalue weighted by Crippen LogP contribution is -2.41. The number of methoxy groups -OCH3 is 1. The molecule has 18 heavy (non-hydrogen) atoms.